The molecule has 0 N–H and O–H groups in total. The summed E-state index contributed by atoms with van der Waals surface area (Å²) in [7, 11) is 0. The van der Waals surface area contributed by atoms with E-state index in [-0.39, 0.29) is 5.41 Å². The van der Waals surface area contributed by atoms with E-state index in [1.54, 1.807) is 0 Å². The Morgan fingerprint density at radius 2 is 0.938 bits per heavy atom. The zero-order valence-corrected chi connectivity index (χ0v) is 35.4. The molecule has 0 fully saturated rings. The molecule has 3 nitrogen and oxygen atoms in total. The summed E-state index contributed by atoms with van der Waals surface area (Å²) in [5.41, 5.74) is 16.5. The van der Waals surface area contributed by atoms with Crippen LogP contribution in [0.3, 0.4) is 0 Å². The van der Waals surface area contributed by atoms with Gasteiger partial charge in [0.1, 0.15) is 11.2 Å². The summed E-state index contributed by atoms with van der Waals surface area (Å²) in [6.07, 6.45) is 0. The van der Waals surface area contributed by atoms with E-state index in [2.05, 4.69) is 214 Å². The predicted octanol–water partition coefficient (Wildman–Crippen LogP) is 16.5. The number of furan rings is 1. The van der Waals surface area contributed by atoms with Gasteiger partial charge in [0.15, 0.2) is 5.82 Å². The van der Waals surface area contributed by atoms with Crippen molar-refractivity contribution in [2.24, 2.45) is 0 Å². The van der Waals surface area contributed by atoms with E-state index in [0.29, 0.717) is 5.82 Å². The fraction of sp³-hybridized carbons (Fsp3) is 0.0492. The summed E-state index contributed by atoms with van der Waals surface area (Å²) < 4.78 is 6.31. The van der Waals surface area contributed by atoms with Crippen LogP contribution in [0.2, 0.25) is 0 Å². The van der Waals surface area contributed by atoms with Crippen LogP contribution in [-0.2, 0) is 5.41 Å². The van der Waals surface area contributed by atoms with Gasteiger partial charge in [0, 0.05) is 32.9 Å². The van der Waals surface area contributed by atoms with Gasteiger partial charge in [-0.05, 0) is 119 Å². The minimum atomic E-state index is -0.162. The van der Waals surface area contributed by atoms with Gasteiger partial charge >= 0.3 is 0 Å². The molecule has 300 valence electrons. The molecule has 2 aromatic heterocycles. The van der Waals surface area contributed by atoms with Gasteiger partial charge in [-0.3, -0.25) is 0 Å². The Hall–Kier alpha value is -8.14. The number of hydrogen-bond acceptors (Lipinski definition) is 3. The summed E-state index contributed by atoms with van der Waals surface area (Å²) in [5, 5.41) is 9.50. The summed E-state index contributed by atoms with van der Waals surface area (Å²) in [6, 6.07) is 74.3. The molecule has 0 saturated heterocycles. The highest BCUT2D eigenvalue weighted by Gasteiger charge is 2.37. The van der Waals surface area contributed by atoms with Crippen molar-refractivity contribution in [1.29, 1.82) is 0 Å². The largest absolute Gasteiger partial charge is 0.456 e. The van der Waals surface area contributed by atoms with Gasteiger partial charge in [0.2, 0.25) is 0 Å². The van der Waals surface area contributed by atoms with Gasteiger partial charge in [0.05, 0.1) is 11.4 Å². The molecule has 0 atom stereocenters. The molecule has 0 spiro atoms. The second kappa shape index (κ2) is 13.9. The Balaban J connectivity index is 0.922. The number of aromatic nitrogens is 2. The molecule has 3 heteroatoms. The number of fused-ring (bicyclic) bond motifs is 9. The smallest absolute Gasteiger partial charge is 0.160 e. The van der Waals surface area contributed by atoms with Crippen LogP contribution in [-0.4, -0.2) is 9.97 Å². The van der Waals surface area contributed by atoms with Crippen LogP contribution < -0.4 is 0 Å². The molecule has 13 rings (SSSR count). The molecule has 0 bridgehead atoms. The van der Waals surface area contributed by atoms with Crippen molar-refractivity contribution in [3.8, 4) is 67.3 Å². The number of hydrogen-bond donors (Lipinski definition) is 0. The van der Waals surface area contributed by atoms with Gasteiger partial charge in [-0.1, -0.05) is 178 Å². The molecular formula is C61H40N2O. The van der Waals surface area contributed by atoms with Gasteiger partial charge in [-0.2, -0.15) is 0 Å². The van der Waals surface area contributed by atoms with Crippen LogP contribution in [0.5, 0.6) is 0 Å². The fourth-order valence-corrected chi connectivity index (χ4v) is 10.4. The Morgan fingerprint density at radius 3 is 1.70 bits per heavy atom. The zero-order chi connectivity index (χ0) is 42.5. The molecule has 0 unspecified atom stereocenters. The molecular weight excluding hydrogens is 777 g/mol. The first-order valence-corrected chi connectivity index (χ1v) is 22.0. The summed E-state index contributed by atoms with van der Waals surface area (Å²) in [6.45, 7) is 4.70. The quantitative estimate of drug-likeness (QED) is 0.174. The van der Waals surface area contributed by atoms with E-state index in [1.807, 2.05) is 6.07 Å². The van der Waals surface area contributed by atoms with E-state index < -0.39 is 0 Å². The monoisotopic (exact) mass is 816 g/mol. The molecule has 2 heterocycles. The number of rotatable bonds is 5. The number of nitrogens with zero attached hydrogens (tertiary/aromatic N) is 2. The first-order valence-electron chi connectivity index (χ1n) is 22.0. The highest BCUT2D eigenvalue weighted by atomic mass is 16.3. The Labute approximate surface area is 371 Å². The van der Waals surface area contributed by atoms with Crippen LogP contribution in [0, 0.1) is 0 Å². The van der Waals surface area contributed by atoms with Crippen molar-refractivity contribution in [2.75, 3.05) is 0 Å². The first-order chi connectivity index (χ1) is 31.4. The van der Waals surface area contributed by atoms with Gasteiger partial charge in [0.25, 0.3) is 0 Å². The van der Waals surface area contributed by atoms with Crippen molar-refractivity contribution in [1.82, 2.24) is 9.97 Å². The van der Waals surface area contributed by atoms with E-state index in [1.165, 1.54) is 54.7 Å². The zero-order valence-electron chi connectivity index (χ0n) is 35.4. The molecule has 0 aliphatic heterocycles. The summed E-state index contributed by atoms with van der Waals surface area (Å²) in [5.74, 6) is 0.709. The standard InChI is InChI=1S/C61H40N2O/c1-61(2)53-22-12-21-49(59(53)52-33-41-16-6-8-17-42(41)34-54(52)61)56-36-55(62-60(63-56)39-13-4-3-5-14-39)48-29-28-45(46-19-10-11-20-47(46)48)38-25-23-37(24-26-38)44-27-30-57-50(32-44)51-31-40-15-7-9-18-43(40)35-58(51)64-57/h3-36H,1-2H3. The van der Waals surface area contributed by atoms with Crippen molar-refractivity contribution < 1.29 is 4.42 Å². The van der Waals surface area contributed by atoms with E-state index in [9.17, 15) is 0 Å². The molecule has 0 amide bonds. The highest BCUT2D eigenvalue weighted by Crippen LogP contribution is 2.53. The maximum absolute atomic E-state index is 6.31. The van der Waals surface area contributed by atoms with Crippen molar-refractivity contribution >= 4 is 54.3 Å². The second-order valence-corrected chi connectivity index (χ2v) is 17.7. The predicted molar refractivity (Wildman–Crippen MR) is 267 cm³/mol. The molecule has 12 aromatic rings. The van der Waals surface area contributed by atoms with E-state index in [0.717, 1.165) is 72.1 Å². The van der Waals surface area contributed by atoms with Crippen molar-refractivity contribution in [3.63, 3.8) is 0 Å². The maximum Gasteiger partial charge on any atom is 0.160 e. The average molecular weight is 817 g/mol. The summed E-state index contributed by atoms with van der Waals surface area (Å²) >= 11 is 0. The molecule has 0 saturated carbocycles. The third-order valence-corrected chi connectivity index (χ3v) is 13.7. The van der Waals surface area contributed by atoms with Crippen LogP contribution >= 0.6 is 0 Å². The van der Waals surface area contributed by atoms with Gasteiger partial charge < -0.3 is 4.42 Å². The molecule has 1 aliphatic carbocycles. The third-order valence-electron chi connectivity index (χ3n) is 13.7. The molecule has 0 radical (unpaired) electrons. The topological polar surface area (TPSA) is 38.9 Å². The average Bonchev–Trinajstić information content (AvgIpc) is 3.81. The molecule has 1 aliphatic rings. The Bertz CT molecular complexity index is 3860. The number of benzene rings is 10. The second-order valence-electron chi connectivity index (χ2n) is 17.7. The lowest BCUT2D eigenvalue weighted by molar-refractivity contribution is 0.661. The van der Waals surface area contributed by atoms with Crippen LogP contribution in [0.1, 0.15) is 25.0 Å². The minimum absolute atomic E-state index is 0.162. The molecule has 64 heavy (non-hydrogen) atoms. The van der Waals surface area contributed by atoms with Crippen LogP contribution in [0.15, 0.2) is 211 Å². The minimum Gasteiger partial charge on any atom is -0.456 e. The van der Waals surface area contributed by atoms with Crippen molar-refractivity contribution in [3.05, 3.63) is 217 Å². The third kappa shape index (κ3) is 5.67. The first kappa shape index (κ1) is 36.5. The fourth-order valence-electron chi connectivity index (χ4n) is 10.4. The Morgan fingerprint density at radius 1 is 0.344 bits per heavy atom. The van der Waals surface area contributed by atoms with Crippen LogP contribution in [0.25, 0.3) is 122 Å². The van der Waals surface area contributed by atoms with E-state index >= 15 is 0 Å². The highest BCUT2D eigenvalue weighted by molar-refractivity contribution is 6.11. The lowest BCUT2D eigenvalue weighted by Crippen LogP contribution is -2.14. The SMILES string of the molecule is CC1(C)c2cc3ccccc3cc2-c2c(-c3cc(-c4ccc(-c5ccc(-c6ccc7oc8cc9ccccc9cc8c7c6)cc5)c5ccccc45)nc(-c4ccccc4)n3)cccc21. The van der Waals surface area contributed by atoms with E-state index in [4.69, 9.17) is 14.4 Å². The maximum atomic E-state index is 6.31. The van der Waals surface area contributed by atoms with Gasteiger partial charge in [-0.15, -0.1) is 0 Å². The molecule has 10 aromatic carbocycles. The summed E-state index contributed by atoms with van der Waals surface area (Å²) in [4.78, 5) is 10.7. The normalized spacial score (nSPS) is 13.0. The van der Waals surface area contributed by atoms with Crippen LogP contribution in [0.4, 0.5) is 0 Å². The lowest BCUT2D eigenvalue weighted by Gasteiger charge is -2.22. The van der Waals surface area contributed by atoms with Gasteiger partial charge in [-0.25, -0.2) is 9.97 Å². The van der Waals surface area contributed by atoms with Crippen molar-refractivity contribution in [2.45, 2.75) is 19.3 Å². The Kier molecular flexibility index (Phi) is 7.95. The lowest BCUT2D eigenvalue weighted by atomic mass is 9.81.